The molecule has 2 rings (SSSR count). The quantitative estimate of drug-likeness (QED) is 0.749. The molecule has 0 radical (unpaired) electrons. The topological polar surface area (TPSA) is 9.23 Å². The fourth-order valence-electron chi connectivity index (χ4n) is 2.46. The molecule has 0 saturated heterocycles. The van der Waals surface area contributed by atoms with Crippen molar-refractivity contribution in [3.8, 4) is 5.75 Å². The maximum atomic E-state index is 12.7. The second kappa shape index (κ2) is 5.25. The molecule has 1 aliphatic carbocycles. The molecule has 1 aromatic carbocycles. The van der Waals surface area contributed by atoms with E-state index in [9.17, 15) is 12.9 Å². The van der Waals surface area contributed by atoms with E-state index in [-0.39, 0.29) is 11.7 Å². The van der Waals surface area contributed by atoms with Crippen LogP contribution in [0.25, 0.3) is 0 Å². The van der Waals surface area contributed by atoms with E-state index in [1.165, 1.54) is 25.5 Å². The fraction of sp³-hybridized carbons (Fsp3) is 0.538. The van der Waals surface area contributed by atoms with E-state index in [0.717, 1.165) is 31.7 Å². The van der Waals surface area contributed by atoms with Crippen molar-refractivity contribution in [3.05, 3.63) is 23.8 Å². The van der Waals surface area contributed by atoms with Crippen LogP contribution < -0.4 is 10.2 Å². The number of benzene rings is 1. The molecule has 0 aromatic heterocycles. The summed E-state index contributed by atoms with van der Waals surface area (Å²) in [6.45, 7) is -3.44. The molecular formula is C13H17BF3O-. The first kappa shape index (κ1) is 13.3. The summed E-state index contributed by atoms with van der Waals surface area (Å²) in [4.78, 5) is 0. The summed E-state index contributed by atoms with van der Waals surface area (Å²) in [5, 5.41) is 0. The summed E-state index contributed by atoms with van der Waals surface area (Å²) < 4.78 is 43.7. The molecule has 0 amide bonds. The zero-order valence-corrected chi connectivity index (χ0v) is 10.5. The van der Waals surface area contributed by atoms with E-state index in [1.807, 2.05) is 0 Å². The lowest BCUT2D eigenvalue weighted by atomic mass is 9.77. The van der Waals surface area contributed by atoms with Crippen molar-refractivity contribution in [3.63, 3.8) is 0 Å². The third kappa shape index (κ3) is 3.21. The van der Waals surface area contributed by atoms with Gasteiger partial charge in [0, 0.05) is 0 Å². The zero-order chi connectivity index (χ0) is 13.2. The Morgan fingerprint density at radius 1 is 1.11 bits per heavy atom. The van der Waals surface area contributed by atoms with Gasteiger partial charge >= 0.3 is 6.98 Å². The predicted molar refractivity (Wildman–Crippen MR) is 67.4 cm³/mol. The number of hydrogen-bond acceptors (Lipinski definition) is 1. The van der Waals surface area contributed by atoms with Crippen molar-refractivity contribution >= 4 is 12.4 Å². The summed E-state index contributed by atoms with van der Waals surface area (Å²) in [5.74, 6) is 0.559. The lowest BCUT2D eigenvalue weighted by Gasteiger charge is -2.24. The summed E-state index contributed by atoms with van der Waals surface area (Å²) in [6.07, 6.45) is 5.70. The van der Waals surface area contributed by atoms with Crippen LogP contribution in [0.5, 0.6) is 5.75 Å². The van der Waals surface area contributed by atoms with Gasteiger partial charge in [0.1, 0.15) is 5.75 Å². The summed E-state index contributed by atoms with van der Waals surface area (Å²) in [6, 6.07) is 4.07. The molecule has 18 heavy (non-hydrogen) atoms. The maximum Gasteiger partial charge on any atom is 0.509 e. The van der Waals surface area contributed by atoms with Crippen LogP contribution in [0.4, 0.5) is 12.9 Å². The Morgan fingerprint density at radius 3 is 2.33 bits per heavy atom. The van der Waals surface area contributed by atoms with Gasteiger partial charge in [0.05, 0.1) is 6.10 Å². The third-order valence-corrected chi connectivity index (χ3v) is 3.45. The first-order valence-electron chi connectivity index (χ1n) is 6.44. The molecule has 5 heteroatoms. The Kier molecular flexibility index (Phi) is 3.88. The van der Waals surface area contributed by atoms with Gasteiger partial charge < -0.3 is 17.7 Å². The van der Waals surface area contributed by atoms with Crippen molar-refractivity contribution in [1.82, 2.24) is 0 Å². The first-order valence-corrected chi connectivity index (χ1v) is 6.44. The lowest BCUT2D eigenvalue weighted by Crippen LogP contribution is -2.36. The van der Waals surface area contributed by atoms with Gasteiger partial charge in [-0.3, -0.25) is 0 Å². The van der Waals surface area contributed by atoms with Crippen molar-refractivity contribution in [2.24, 2.45) is 0 Å². The Morgan fingerprint density at radius 2 is 1.78 bits per heavy atom. The standard InChI is InChI=1S/C13H17BF3O/c1-10-9-12(7-8-13(10)14(15,16)17)18-11-5-3-2-4-6-11/h7-9,11H,2-6H2,1H3/q-1. The van der Waals surface area contributed by atoms with Gasteiger partial charge in [-0.2, -0.15) is 0 Å². The number of hydrogen-bond donors (Lipinski definition) is 0. The summed E-state index contributed by atoms with van der Waals surface area (Å²) >= 11 is 0. The van der Waals surface area contributed by atoms with Crippen LogP contribution in [-0.4, -0.2) is 13.1 Å². The van der Waals surface area contributed by atoms with Crippen LogP contribution >= 0.6 is 0 Å². The van der Waals surface area contributed by atoms with Crippen LogP contribution in [0.2, 0.25) is 0 Å². The summed E-state index contributed by atoms with van der Waals surface area (Å²) in [7, 11) is 0. The minimum atomic E-state index is -4.93. The predicted octanol–water partition coefficient (Wildman–Crippen LogP) is 3.76. The third-order valence-electron chi connectivity index (χ3n) is 3.45. The highest BCUT2D eigenvalue weighted by atomic mass is 19.4. The van der Waals surface area contributed by atoms with Gasteiger partial charge in [-0.15, -0.1) is 5.46 Å². The molecule has 0 atom stereocenters. The van der Waals surface area contributed by atoms with Gasteiger partial charge in [0.2, 0.25) is 0 Å². The Hall–Kier alpha value is -1.13. The molecule has 0 aliphatic heterocycles. The van der Waals surface area contributed by atoms with Crippen LogP contribution in [0.3, 0.4) is 0 Å². The van der Waals surface area contributed by atoms with Crippen molar-refractivity contribution in [2.75, 3.05) is 0 Å². The Labute approximate surface area is 105 Å². The molecule has 0 spiro atoms. The van der Waals surface area contributed by atoms with E-state index < -0.39 is 12.4 Å². The normalized spacial score (nSPS) is 17.8. The molecule has 0 N–H and O–H groups in total. The largest absolute Gasteiger partial charge is 0.509 e. The van der Waals surface area contributed by atoms with Crippen molar-refractivity contribution < 1.29 is 17.7 Å². The molecule has 1 aliphatic rings. The van der Waals surface area contributed by atoms with Crippen molar-refractivity contribution in [2.45, 2.75) is 45.1 Å². The minimum absolute atomic E-state index is 0.167. The van der Waals surface area contributed by atoms with Gasteiger partial charge in [0.25, 0.3) is 0 Å². The molecule has 0 heterocycles. The van der Waals surface area contributed by atoms with Gasteiger partial charge in [-0.1, -0.05) is 18.1 Å². The molecule has 1 nitrogen and oxygen atoms in total. The average Bonchev–Trinajstić information content (AvgIpc) is 2.28. The van der Waals surface area contributed by atoms with Crippen molar-refractivity contribution in [1.29, 1.82) is 0 Å². The van der Waals surface area contributed by atoms with Crippen LogP contribution in [0.1, 0.15) is 37.7 Å². The molecule has 0 unspecified atom stereocenters. The molecule has 100 valence electrons. The van der Waals surface area contributed by atoms with Crippen LogP contribution in [0, 0.1) is 6.92 Å². The number of ether oxygens (including phenoxy) is 1. The zero-order valence-electron chi connectivity index (χ0n) is 10.5. The highest BCUT2D eigenvalue weighted by Crippen LogP contribution is 2.24. The Bertz CT molecular complexity index is 411. The molecule has 1 saturated carbocycles. The number of rotatable bonds is 3. The van der Waals surface area contributed by atoms with Gasteiger partial charge in [0.15, 0.2) is 0 Å². The molecule has 1 fully saturated rings. The van der Waals surface area contributed by atoms with E-state index in [0.29, 0.717) is 5.75 Å². The molecular weight excluding hydrogens is 240 g/mol. The molecule has 0 bridgehead atoms. The second-order valence-corrected chi connectivity index (χ2v) is 4.97. The average molecular weight is 257 g/mol. The number of halogens is 3. The number of aryl methyl sites for hydroxylation is 1. The van der Waals surface area contributed by atoms with Gasteiger partial charge in [-0.05, 0) is 44.7 Å². The second-order valence-electron chi connectivity index (χ2n) is 4.97. The van der Waals surface area contributed by atoms with Crippen LogP contribution in [0.15, 0.2) is 18.2 Å². The minimum Gasteiger partial charge on any atom is -0.490 e. The maximum absolute atomic E-state index is 12.7. The Balaban J connectivity index is 2.08. The fourth-order valence-corrected chi connectivity index (χ4v) is 2.46. The highest BCUT2D eigenvalue weighted by Gasteiger charge is 2.27. The van der Waals surface area contributed by atoms with E-state index in [4.69, 9.17) is 4.74 Å². The first-order chi connectivity index (χ1) is 8.47. The van der Waals surface area contributed by atoms with E-state index in [1.54, 1.807) is 0 Å². The highest BCUT2D eigenvalue weighted by molar-refractivity contribution is 6.74. The van der Waals surface area contributed by atoms with E-state index >= 15 is 0 Å². The molecule has 1 aromatic rings. The SMILES string of the molecule is Cc1cc(OC2CCCCC2)ccc1[B-](F)(F)F. The smallest absolute Gasteiger partial charge is 0.490 e. The van der Waals surface area contributed by atoms with Crippen LogP contribution in [-0.2, 0) is 0 Å². The van der Waals surface area contributed by atoms with E-state index in [2.05, 4.69) is 0 Å². The lowest BCUT2D eigenvalue weighted by molar-refractivity contribution is 0.155. The summed E-state index contributed by atoms with van der Waals surface area (Å²) in [5.41, 5.74) is -0.276. The van der Waals surface area contributed by atoms with Gasteiger partial charge in [-0.25, -0.2) is 0 Å². The monoisotopic (exact) mass is 257 g/mol.